The summed E-state index contributed by atoms with van der Waals surface area (Å²) in [5, 5.41) is 12.3. The molecule has 2 atom stereocenters. The van der Waals surface area contributed by atoms with E-state index in [1.807, 2.05) is 41.8 Å². The molecule has 3 heterocycles. The summed E-state index contributed by atoms with van der Waals surface area (Å²) < 4.78 is 7.45. The molecule has 1 saturated heterocycles. The second-order valence-corrected chi connectivity index (χ2v) is 8.33. The van der Waals surface area contributed by atoms with Crippen molar-refractivity contribution in [1.29, 1.82) is 0 Å². The summed E-state index contributed by atoms with van der Waals surface area (Å²) in [6.07, 6.45) is 2.13. The molecule has 0 radical (unpaired) electrons. The molecule has 8 heteroatoms. The summed E-state index contributed by atoms with van der Waals surface area (Å²) in [7, 11) is 0. The molecule has 2 aromatic rings. The first-order valence-corrected chi connectivity index (χ1v) is 11.2. The molecule has 2 amide bonds. The number of nitrogens with one attached hydrogen (secondary N) is 1. The van der Waals surface area contributed by atoms with Gasteiger partial charge in [0.25, 0.3) is 11.8 Å². The van der Waals surface area contributed by atoms with Crippen molar-refractivity contribution in [3.05, 3.63) is 58.9 Å². The third kappa shape index (κ3) is 4.41. The van der Waals surface area contributed by atoms with Crippen LogP contribution in [0.4, 0.5) is 0 Å². The van der Waals surface area contributed by atoms with Crippen LogP contribution in [0.3, 0.4) is 0 Å². The molecule has 0 saturated carbocycles. The number of carboxylic acids is 1. The fourth-order valence-electron chi connectivity index (χ4n) is 4.70. The van der Waals surface area contributed by atoms with Crippen LogP contribution in [0.5, 0.6) is 0 Å². The number of amides is 2. The van der Waals surface area contributed by atoms with Gasteiger partial charge in [-0.05, 0) is 30.9 Å². The third-order valence-electron chi connectivity index (χ3n) is 6.33. The molecule has 170 valence electrons. The fourth-order valence-corrected chi connectivity index (χ4v) is 4.70. The van der Waals surface area contributed by atoms with Gasteiger partial charge < -0.3 is 24.6 Å². The van der Waals surface area contributed by atoms with Gasteiger partial charge in [0.05, 0.1) is 36.9 Å². The van der Waals surface area contributed by atoms with Crippen LogP contribution in [0.1, 0.15) is 70.8 Å². The average Bonchev–Trinajstić information content (AvgIpc) is 3.42. The molecule has 2 aliphatic heterocycles. The number of benzene rings is 1. The maximum Gasteiger partial charge on any atom is 0.305 e. The first-order chi connectivity index (χ1) is 15.5. The van der Waals surface area contributed by atoms with Crippen LogP contribution >= 0.6 is 0 Å². The second kappa shape index (κ2) is 9.56. The fraction of sp³-hybridized carbons (Fsp3) is 0.458. The molecule has 2 aliphatic rings. The third-order valence-corrected chi connectivity index (χ3v) is 6.33. The normalized spacial score (nSPS) is 18.8. The molecule has 0 aliphatic carbocycles. The molecule has 0 spiro atoms. The molecule has 8 nitrogen and oxygen atoms in total. The first-order valence-electron chi connectivity index (χ1n) is 11.2. The van der Waals surface area contributed by atoms with Gasteiger partial charge in [-0.2, -0.15) is 0 Å². The Morgan fingerprint density at radius 1 is 1.22 bits per heavy atom. The Morgan fingerprint density at radius 2 is 2.00 bits per heavy atom. The number of aromatic nitrogens is 1. The zero-order chi connectivity index (χ0) is 22.7. The van der Waals surface area contributed by atoms with E-state index in [1.165, 1.54) is 0 Å². The molecular formula is C24H29N3O5. The maximum absolute atomic E-state index is 13.4. The molecule has 1 fully saturated rings. The van der Waals surface area contributed by atoms with Crippen LogP contribution in [0, 0.1) is 0 Å². The highest BCUT2D eigenvalue weighted by Gasteiger charge is 2.35. The number of ether oxygens (including phenoxy) is 1. The van der Waals surface area contributed by atoms with Crippen molar-refractivity contribution in [3.63, 3.8) is 0 Å². The van der Waals surface area contributed by atoms with E-state index >= 15 is 0 Å². The number of carbonyl (C=O) groups excluding carboxylic acids is 2. The highest BCUT2D eigenvalue weighted by atomic mass is 16.5. The van der Waals surface area contributed by atoms with Crippen molar-refractivity contribution in [2.75, 3.05) is 13.2 Å². The zero-order valence-electron chi connectivity index (χ0n) is 18.3. The van der Waals surface area contributed by atoms with Crippen molar-refractivity contribution in [1.82, 2.24) is 14.8 Å². The minimum atomic E-state index is -0.910. The number of rotatable bonds is 7. The summed E-state index contributed by atoms with van der Waals surface area (Å²) in [4.78, 5) is 39.5. The van der Waals surface area contributed by atoms with E-state index in [-0.39, 0.29) is 36.9 Å². The predicted octanol–water partition coefficient (Wildman–Crippen LogP) is 2.98. The van der Waals surface area contributed by atoms with Gasteiger partial charge in [0.1, 0.15) is 5.69 Å². The van der Waals surface area contributed by atoms with Gasteiger partial charge in [0.2, 0.25) is 0 Å². The minimum absolute atomic E-state index is 0.0645. The quantitative estimate of drug-likeness (QED) is 0.691. The van der Waals surface area contributed by atoms with Crippen LogP contribution in [-0.4, -0.2) is 51.6 Å². The lowest BCUT2D eigenvalue weighted by atomic mass is 10.0. The van der Waals surface area contributed by atoms with E-state index in [4.69, 9.17) is 4.74 Å². The van der Waals surface area contributed by atoms with Gasteiger partial charge in [-0.15, -0.1) is 0 Å². The van der Waals surface area contributed by atoms with Gasteiger partial charge in [-0.3, -0.25) is 14.4 Å². The summed E-state index contributed by atoms with van der Waals surface area (Å²) in [6, 6.07) is 11.0. The number of hydrogen-bond donors (Lipinski definition) is 2. The Hall–Kier alpha value is -3.13. The molecule has 4 rings (SSSR count). The van der Waals surface area contributed by atoms with Gasteiger partial charge in [0.15, 0.2) is 0 Å². The number of aliphatic carboxylic acids is 1. The predicted molar refractivity (Wildman–Crippen MR) is 117 cm³/mol. The van der Waals surface area contributed by atoms with Gasteiger partial charge in [-0.1, -0.05) is 37.3 Å². The van der Waals surface area contributed by atoms with E-state index in [1.54, 1.807) is 11.0 Å². The number of carboxylic acid groups (broad SMARTS) is 1. The highest BCUT2D eigenvalue weighted by Crippen LogP contribution is 2.27. The van der Waals surface area contributed by atoms with Crippen molar-refractivity contribution >= 4 is 17.8 Å². The SMILES string of the molecule is CC[C@@H](NC(=O)c1cc(C(=O)N2CCC[C@@H]2CC(=O)O)n2c1COCC2)c1ccccc1. The van der Waals surface area contributed by atoms with E-state index in [2.05, 4.69) is 5.32 Å². The highest BCUT2D eigenvalue weighted by molar-refractivity contribution is 6.01. The molecule has 0 unspecified atom stereocenters. The van der Waals surface area contributed by atoms with E-state index in [0.29, 0.717) is 43.1 Å². The summed E-state index contributed by atoms with van der Waals surface area (Å²) in [5.74, 6) is -1.37. The topological polar surface area (TPSA) is 101 Å². The largest absolute Gasteiger partial charge is 0.481 e. The lowest BCUT2D eigenvalue weighted by molar-refractivity contribution is -0.137. The van der Waals surface area contributed by atoms with Gasteiger partial charge >= 0.3 is 5.97 Å². The Morgan fingerprint density at radius 3 is 2.72 bits per heavy atom. The van der Waals surface area contributed by atoms with Crippen LogP contribution < -0.4 is 5.32 Å². The van der Waals surface area contributed by atoms with Crippen molar-refractivity contribution in [2.24, 2.45) is 0 Å². The summed E-state index contributed by atoms with van der Waals surface area (Å²) in [5.41, 5.74) is 2.58. The minimum Gasteiger partial charge on any atom is -0.481 e. The standard InChI is InChI=1S/C24H29N3O5/c1-2-19(16-7-4-3-5-8-16)25-23(30)18-14-20(27-11-12-32-15-21(18)27)24(31)26-10-6-9-17(26)13-22(28)29/h3-5,7-8,14,17,19H,2,6,9-13,15H2,1H3,(H,25,30)(H,28,29)/t17-,19-/m1/s1. The second-order valence-electron chi connectivity index (χ2n) is 8.33. The summed E-state index contributed by atoms with van der Waals surface area (Å²) in [6.45, 7) is 3.75. The number of likely N-dealkylation sites (tertiary alicyclic amines) is 1. The average molecular weight is 440 g/mol. The Kier molecular flexibility index (Phi) is 6.60. The lowest BCUT2D eigenvalue weighted by Gasteiger charge is -2.25. The Bertz CT molecular complexity index is 1000. The van der Waals surface area contributed by atoms with E-state index in [0.717, 1.165) is 18.4 Å². The first kappa shape index (κ1) is 22.1. The number of fused-ring (bicyclic) bond motifs is 1. The van der Waals surface area contributed by atoms with Crippen LogP contribution in [0.2, 0.25) is 0 Å². The number of hydrogen-bond acceptors (Lipinski definition) is 4. The maximum atomic E-state index is 13.4. The van der Waals surface area contributed by atoms with Crippen LogP contribution in [0.25, 0.3) is 0 Å². The number of carbonyl (C=O) groups is 3. The molecule has 32 heavy (non-hydrogen) atoms. The van der Waals surface area contributed by atoms with Crippen LogP contribution in [0.15, 0.2) is 36.4 Å². The monoisotopic (exact) mass is 439 g/mol. The van der Waals surface area contributed by atoms with Gasteiger partial charge in [-0.25, -0.2) is 0 Å². The molecule has 1 aromatic heterocycles. The Balaban J connectivity index is 1.61. The van der Waals surface area contributed by atoms with E-state index < -0.39 is 5.97 Å². The molecular weight excluding hydrogens is 410 g/mol. The van der Waals surface area contributed by atoms with Crippen molar-refractivity contribution < 1.29 is 24.2 Å². The smallest absolute Gasteiger partial charge is 0.305 e. The van der Waals surface area contributed by atoms with Crippen LogP contribution in [-0.2, 0) is 22.7 Å². The lowest BCUT2D eigenvalue weighted by Crippen LogP contribution is -2.38. The molecule has 0 bridgehead atoms. The van der Waals surface area contributed by atoms with Gasteiger partial charge in [0, 0.05) is 19.1 Å². The van der Waals surface area contributed by atoms with Crippen molar-refractivity contribution in [3.8, 4) is 0 Å². The number of nitrogens with zero attached hydrogens (tertiary/aromatic N) is 2. The summed E-state index contributed by atoms with van der Waals surface area (Å²) >= 11 is 0. The Labute approximate surface area is 187 Å². The molecule has 1 aromatic carbocycles. The van der Waals surface area contributed by atoms with E-state index in [9.17, 15) is 19.5 Å². The van der Waals surface area contributed by atoms with Crippen molar-refractivity contribution in [2.45, 2.75) is 57.8 Å². The molecule has 2 N–H and O–H groups in total. The zero-order valence-corrected chi connectivity index (χ0v) is 18.3.